The third kappa shape index (κ3) is 8.57. The van der Waals surface area contributed by atoms with Crippen LogP contribution in [0.15, 0.2) is 41.2 Å². The minimum absolute atomic E-state index is 0.131. The fourth-order valence-corrected chi connectivity index (χ4v) is 4.34. The molecule has 3 aromatic rings. The molecule has 0 aliphatic rings. The first-order valence-electron chi connectivity index (χ1n) is 10.8. The van der Waals surface area contributed by atoms with Gasteiger partial charge in [-0.15, -0.1) is 19.8 Å². The van der Waals surface area contributed by atoms with E-state index in [0.717, 1.165) is 31.9 Å². The Morgan fingerprint density at radius 3 is 2.20 bits per heavy atom. The first-order chi connectivity index (χ1) is 16.3. The van der Waals surface area contributed by atoms with Crippen molar-refractivity contribution in [3.05, 3.63) is 74.7 Å². The molecule has 0 spiro atoms. The molecular formula is C25H31N2O6S2+. The fraction of sp³-hybridized carbons (Fsp3) is 0.360. The molecule has 0 atom stereocenters. The van der Waals surface area contributed by atoms with Gasteiger partial charge in [-0.3, -0.25) is 4.98 Å². The molecule has 0 fully saturated rings. The maximum atomic E-state index is 11.9. The maximum absolute atomic E-state index is 11.9. The second-order valence-corrected chi connectivity index (χ2v) is 10.4. The van der Waals surface area contributed by atoms with E-state index in [-0.39, 0.29) is 18.7 Å². The van der Waals surface area contributed by atoms with Gasteiger partial charge in [0.05, 0.1) is 11.1 Å². The van der Waals surface area contributed by atoms with Crippen LogP contribution in [0.2, 0.25) is 0 Å². The predicted octanol–water partition coefficient (Wildman–Crippen LogP) is 4.82. The van der Waals surface area contributed by atoms with Crippen molar-refractivity contribution in [1.82, 2.24) is 4.98 Å². The Labute approximate surface area is 211 Å². The van der Waals surface area contributed by atoms with Crippen molar-refractivity contribution >= 4 is 33.5 Å². The highest BCUT2D eigenvalue weighted by atomic mass is 32.2. The van der Waals surface area contributed by atoms with Gasteiger partial charge >= 0.3 is 16.5 Å². The molecule has 35 heavy (non-hydrogen) atoms. The largest absolute Gasteiger partial charge is 0.482 e. The molecule has 1 aromatic heterocycles. The summed E-state index contributed by atoms with van der Waals surface area (Å²) in [6, 6.07) is 8.22. The summed E-state index contributed by atoms with van der Waals surface area (Å²) >= 11 is 1.63. The van der Waals surface area contributed by atoms with Gasteiger partial charge in [0.15, 0.2) is 12.3 Å². The Bertz CT molecular complexity index is 1320. The summed E-state index contributed by atoms with van der Waals surface area (Å²) in [6.07, 6.45) is 0. The molecule has 10 heteroatoms. The summed E-state index contributed by atoms with van der Waals surface area (Å²) in [5, 5.41) is 21.2. The van der Waals surface area contributed by atoms with Gasteiger partial charge in [-0.2, -0.15) is 0 Å². The number of carboxylic acid groups (broad SMARTS) is 1. The number of aryl methyl sites for hydroxylation is 4. The van der Waals surface area contributed by atoms with E-state index in [1.807, 2.05) is 31.7 Å². The molecule has 2 aromatic carbocycles. The van der Waals surface area contributed by atoms with Crippen LogP contribution in [0.1, 0.15) is 52.2 Å². The van der Waals surface area contributed by atoms with Crippen molar-refractivity contribution in [3.8, 4) is 5.75 Å². The molecule has 8 nitrogen and oxygen atoms in total. The molecule has 3 rings (SSSR count). The van der Waals surface area contributed by atoms with E-state index in [2.05, 4.69) is 4.98 Å². The van der Waals surface area contributed by atoms with Crippen molar-refractivity contribution < 1.29 is 32.1 Å². The number of nitrogens with zero attached hydrogens (tertiary/aromatic N) is 2. The van der Waals surface area contributed by atoms with Gasteiger partial charge in [0.1, 0.15) is 12.2 Å². The van der Waals surface area contributed by atoms with Crippen LogP contribution in [0.4, 0.5) is 5.69 Å². The Hall–Kier alpha value is -3.08. The highest BCUT2D eigenvalue weighted by Gasteiger charge is 2.28. The molecule has 2 N–H and O–H groups in total. The first-order valence-corrected chi connectivity index (χ1v) is 12.8. The van der Waals surface area contributed by atoms with Crippen LogP contribution in [0.25, 0.3) is 0 Å². The average molecular weight is 520 g/mol. The van der Waals surface area contributed by atoms with E-state index in [9.17, 15) is 18.3 Å². The van der Waals surface area contributed by atoms with E-state index in [1.54, 1.807) is 42.5 Å². The second-order valence-electron chi connectivity index (χ2n) is 8.84. The third-order valence-electron chi connectivity index (χ3n) is 5.08. The minimum Gasteiger partial charge on any atom is -0.482 e. The van der Waals surface area contributed by atoms with E-state index in [4.69, 9.17) is 9.84 Å². The van der Waals surface area contributed by atoms with Gasteiger partial charge in [-0.25, -0.2) is 4.79 Å². The zero-order valence-corrected chi connectivity index (χ0v) is 22.3. The van der Waals surface area contributed by atoms with Gasteiger partial charge in [-0.05, 0) is 82.0 Å². The van der Waals surface area contributed by atoms with E-state index < -0.39 is 22.1 Å². The number of aliphatic hydroxyl groups is 1. The standard InChI is InChI=1S/C21H25NO6S.C4H5NS/c1-13-9-18(22(29(26)27)12-21(4,5)25)19(10-14(13)2)28-11-17-7-6-16(20(23)24)8-15(17)3;1-4-2-6-3-5-4/h6-10,25H,11-12H2,1-5H3;2-3H,1H3/p+1. The van der Waals surface area contributed by atoms with Gasteiger partial charge in [0.2, 0.25) is 0 Å². The Balaban J connectivity index is 0.000000625. The third-order valence-corrected chi connectivity index (χ3v) is 6.47. The van der Waals surface area contributed by atoms with Gasteiger partial charge in [0.25, 0.3) is 5.69 Å². The van der Waals surface area contributed by atoms with Gasteiger partial charge in [-0.1, -0.05) is 10.0 Å². The molecular weight excluding hydrogens is 488 g/mol. The number of carboxylic acids is 1. The fourth-order valence-electron chi connectivity index (χ4n) is 3.07. The van der Waals surface area contributed by atoms with Gasteiger partial charge < -0.3 is 14.9 Å². The summed E-state index contributed by atoms with van der Waals surface area (Å²) in [5.41, 5.74) is 5.60. The topological polar surface area (TPSA) is 117 Å². The van der Waals surface area contributed by atoms with Crippen LogP contribution in [0.5, 0.6) is 5.75 Å². The smallest absolute Gasteiger partial charge is 0.465 e. The zero-order valence-electron chi connectivity index (χ0n) is 20.7. The lowest BCUT2D eigenvalue weighted by Gasteiger charge is -2.16. The molecule has 0 amide bonds. The Kier molecular flexibility index (Phi) is 9.70. The number of hydrogen-bond acceptors (Lipinski definition) is 7. The zero-order chi connectivity index (χ0) is 26.3. The van der Waals surface area contributed by atoms with E-state index in [0.29, 0.717) is 11.4 Å². The SMILES string of the molecule is Cc1cc(OCc2ccc(C(=O)O)cc2C)c([N+](CC(C)(C)O)=S(=O)=O)cc1C.Cc1cscn1. The van der Waals surface area contributed by atoms with Crippen LogP contribution in [0, 0.1) is 27.7 Å². The van der Waals surface area contributed by atoms with Crippen LogP contribution < -0.4 is 4.74 Å². The summed E-state index contributed by atoms with van der Waals surface area (Å²) in [7, 11) is -2.61. The number of benzene rings is 2. The lowest BCUT2D eigenvalue weighted by molar-refractivity contribution is -0.438. The molecule has 0 unspecified atom stereocenters. The quantitative estimate of drug-likeness (QED) is 0.430. The van der Waals surface area contributed by atoms with Crippen molar-refractivity contribution in [2.24, 2.45) is 0 Å². The summed E-state index contributed by atoms with van der Waals surface area (Å²) < 4.78 is 30.7. The maximum Gasteiger partial charge on any atom is 0.465 e. The van der Waals surface area contributed by atoms with Crippen molar-refractivity contribution in [2.45, 2.75) is 53.8 Å². The number of hydrogen-bond donors (Lipinski definition) is 2. The van der Waals surface area contributed by atoms with E-state index >= 15 is 0 Å². The number of aromatic carboxylic acids is 1. The highest BCUT2D eigenvalue weighted by Crippen LogP contribution is 2.32. The predicted molar refractivity (Wildman–Crippen MR) is 135 cm³/mol. The monoisotopic (exact) mass is 519 g/mol. The molecule has 0 radical (unpaired) electrons. The number of rotatable bonds is 7. The highest BCUT2D eigenvalue weighted by molar-refractivity contribution is 7.59. The number of ether oxygens (including phenoxy) is 1. The van der Waals surface area contributed by atoms with Crippen LogP contribution in [-0.4, -0.2) is 45.7 Å². The lowest BCUT2D eigenvalue weighted by atomic mass is 10.1. The van der Waals surface area contributed by atoms with E-state index in [1.165, 1.54) is 19.9 Å². The number of carbonyl (C=O) groups is 1. The first kappa shape index (κ1) is 28.2. The molecule has 0 aliphatic carbocycles. The lowest BCUT2D eigenvalue weighted by Crippen LogP contribution is -2.30. The normalized spacial score (nSPS) is 10.8. The molecule has 1 heterocycles. The van der Waals surface area contributed by atoms with Crippen LogP contribution >= 0.6 is 11.3 Å². The molecule has 0 saturated heterocycles. The van der Waals surface area contributed by atoms with Crippen molar-refractivity contribution in [3.63, 3.8) is 0 Å². The molecule has 0 bridgehead atoms. The summed E-state index contributed by atoms with van der Waals surface area (Å²) in [4.78, 5) is 15.0. The second kappa shape index (κ2) is 12.1. The van der Waals surface area contributed by atoms with Crippen molar-refractivity contribution in [2.75, 3.05) is 6.54 Å². The molecule has 0 saturated carbocycles. The van der Waals surface area contributed by atoms with Crippen LogP contribution in [-0.2, 0) is 17.1 Å². The van der Waals surface area contributed by atoms with Gasteiger partial charge in [0, 0.05) is 17.1 Å². The van der Waals surface area contributed by atoms with Crippen LogP contribution in [0.3, 0.4) is 0 Å². The molecule has 0 aliphatic heterocycles. The number of aromatic nitrogens is 1. The Morgan fingerprint density at radius 2 is 1.74 bits per heavy atom. The molecule has 188 valence electrons. The summed E-state index contributed by atoms with van der Waals surface area (Å²) in [5.74, 6) is -0.638. The minimum atomic E-state index is -2.61. The summed E-state index contributed by atoms with van der Waals surface area (Å²) in [6.45, 7) is 10.6. The number of thiazole rings is 1. The Morgan fingerprint density at radius 1 is 1.09 bits per heavy atom. The van der Waals surface area contributed by atoms with Crippen molar-refractivity contribution in [1.29, 1.82) is 0 Å². The average Bonchev–Trinajstić information content (AvgIpc) is 3.23.